The zero-order valence-electron chi connectivity index (χ0n) is 14.5. The number of aromatic nitrogens is 1. The van der Waals surface area contributed by atoms with Crippen molar-refractivity contribution in [3.8, 4) is 5.69 Å². The van der Waals surface area contributed by atoms with Gasteiger partial charge in [-0.2, -0.15) is 0 Å². The van der Waals surface area contributed by atoms with Crippen LogP contribution in [-0.4, -0.2) is 15.6 Å². The average molecular weight is 377 g/mol. The van der Waals surface area contributed by atoms with Crippen molar-refractivity contribution in [3.63, 3.8) is 0 Å². The highest BCUT2D eigenvalue weighted by Crippen LogP contribution is 2.29. The smallest absolute Gasteiger partial charge is 0.264 e. The highest BCUT2D eigenvalue weighted by atomic mass is 32.2. The molecule has 1 aliphatic rings. The van der Waals surface area contributed by atoms with E-state index in [1.54, 1.807) is 12.1 Å². The van der Waals surface area contributed by atoms with Crippen LogP contribution in [0.25, 0.3) is 11.8 Å². The Labute approximate surface area is 160 Å². The number of hydrogen-bond donors (Lipinski definition) is 1. The summed E-state index contributed by atoms with van der Waals surface area (Å²) in [6.45, 7) is 2.05. The van der Waals surface area contributed by atoms with Gasteiger partial charge in [0.15, 0.2) is 5.17 Å². The first-order valence-electron chi connectivity index (χ1n) is 8.38. The van der Waals surface area contributed by atoms with Gasteiger partial charge in [-0.15, -0.1) is 0 Å². The van der Waals surface area contributed by atoms with Crippen LogP contribution in [0.15, 0.2) is 76.8 Å². The molecule has 4 nitrogen and oxygen atoms in total. The quantitative estimate of drug-likeness (QED) is 0.666. The Balaban J connectivity index is 1.61. The summed E-state index contributed by atoms with van der Waals surface area (Å²) in [7, 11) is 0. The minimum absolute atomic E-state index is 0.196. The van der Waals surface area contributed by atoms with Crippen LogP contribution in [0.2, 0.25) is 0 Å². The number of rotatable bonds is 3. The van der Waals surface area contributed by atoms with Gasteiger partial charge in [0.2, 0.25) is 0 Å². The maximum atomic E-state index is 13.0. The summed E-state index contributed by atoms with van der Waals surface area (Å²) >= 11 is 1.27. The molecule has 1 aromatic heterocycles. The lowest BCUT2D eigenvalue weighted by Gasteiger charge is -2.07. The third-order valence-corrected chi connectivity index (χ3v) is 4.96. The molecule has 3 aromatic rings. The fraction of sp³-hybridized carbons (Fsp3) is 0.0476. The Bertz CT molecular complexity index is 1070. The van der Waals surface area contributed by atoms with Crippen LogP contribution in [0, 0.1) is 12.7 Å². The number of nitrogens with zero attached hydrogens (tertiary/aromatic N) is 2. The first kappa shape index (κ1) is 17.3. The molecular weight excluding hydrogens is 361 g/mol. The molecular formula is C21H16FN3OS. The van der Waals surface area contributed by atoms with Gasteiger partial charge in [-0.05, 0) is 78.9 Å². The molecule has 4 rings (SSSR count). The monoisotopic (exact) mass is 377 g/mol. The second kappa shape index (κ2) is 7.25. The van der Waals surface area contributed by atoms with Crippen molar-refractivity contribution in [2.24, 2.45) is 4.99 Å². The first-order chi connectivity index (χ1) is 13.1. The van der Waals surface area contributed by atoms with Gasteiger partial charge >= 0.3 is 0 Å². The van der Waals surface area contributed by atoms with Crippen molar-refractivity contribution in [2.75, 3.05) is 0 Å². The molecule has 1 aliphatic heterocycles. The predicted molar refractivity (Wildman–Crippen MR) is 108 cm³/mol. The van der Waals surface area contributed by atoms with Crippen LogP contribution in [0.4, 0.5) is 10.1 Å². The molecule has 2 aromatic carbocycles. The van der Waals surface area contributed by atoms with Gasteiger partial charge in [-0.1, -0.05) is 12.1 Å². The molecule has 0 unspecified atom stereocenters. The minimum atomic E-state index is -0.320. The third kappa shape index (κ3) is 3.85. The Hall–Kier alpha value is -3.12. The number of carbonyl (C=O) groups is 1. The highest BCUT2D eigenvalue weighted by molar-refractivity contribution is 8.18. The van der Waals surface area contributed by atoms with Crippen molar-refractivity contribution in [1.29, 1.82) is 0 Å². The number of nitrogens with one attached hydrogen (secondary N) is 1. The first-order valence-corrected chi connectivity index (χ1v) is 9.20. The van der Waals surface area contributed by atoms with Gasteiger partial charge in [0, 0.05) is 17.6 Å². The van der Waals surface area contributed by atoms with Crippen LogP contribution in [0.5, 0.6) is 0 Å². The Morgan fingerprint density at radius 3 is 2.70 bits per heavy atom. The van der Waals surface area contributed by atoms with E-state index in [-0.39, 0.29) is 11.7 Å². The van der Waals surface area contributed by atoms with Gasteiger partial charge in [-0.25, -0.2) is 9.38 Å². The number of aliphatic imine (C=N–C) groups is 1. The van der Waals surface area contributed by atoms with E-state index in [1.807, 2.05) is 54.1 Å². The summed E-state index contributed by atoms with van der Waals surface area (Å²) in [4.78, 5) is 17.2. The maximum Gasteiger partial charge on any atom is 0.264 e. The van der Waals surface area contributed by atoms with Crippen LogP contribution < -0.4 is 5.32 Å². The molecule has 1 fully saturated rings. The summed E-state index contributed by atoms with van der Waals surface area (Å²) < 4.78 is 15.0. The highest BCUT2D eigenvalue weighted by Gasteiger charge is 2.24. The van der Waals surface area contributed by atoms with Gasteiger partial charge in [0.05, 0.1) is 10.6 Å². The molecule has 1 amide bonds. The zero-order chi connectivity index (χ0) is 18.8. The molecule has 6 heteroatoms. The standard InChI is InChI=1S/C21H16FN3OS/c1-14-4-2-5-17(12-14)25-11-3-6-18(25)13-19-20(26)24-21(27-19)23-16-9-7-15(22)8-10-16/h2-13H,1H3,(H,23,24,26)/b19-13+. The number of amides is 1. The number of carbonyl (C=O) groups excluding carboxylic acids is 1. The van der Waals surface area contributed by atoms with Gasteiger partial charge in [0.25, 0.3) is 5.91 Å². The molecule has 0 atom stereocenters. The fourth-order valence-electron chi connectivity index (χ4n) is 2.77. The fourth-order valence-corrected chi connectivity index (χ4v) is 3.60. The van der Waals surface area contributed by atoms with E-state index in [2.05, 4.69) is 16.4 Å². The molecule has 0 radical (unpaired) electrons. The van der Waals surface area contributed by atoms with Crippen molar-refractivity contribution >= 4 is 34.6 Å². The Morgan fingerprint density at radius 1 is 1.11 bits per heavy atom. The largest absolute Gasteiger partial charge is 0.317 e. The van der Waals surface area contributed by atoms with Gasteiger partial charge < -0.3 is 9.88 Å². The van der Waals surface area contributed by atoms with Crippen LogP contribution >= 0.6 is 11.8 Å². The molecule has 0 bridgehead atoms. The van der Waals surface area contributed by atoms with E-state index in [1.165, 1.54) is 29.5 Å². The SMILES string of the molecule is Cc1cccc(-n2cccc2/C=C2/SC(=Nc3ccc(F)cc3)NC2=O)c1. The number of amidine groups is 1. The van der Waals surface area contributed by atoms with Crippen molar-refractivity contribution in [2.45, 2.75) is 6.92 Å². The second-order valence-electron chi connectivity index (χ2n) is 6.10. The molecule has 0 aliphatic carbocycles. The van der Waals surface area contributed by atoms with Crippen molar-refractivity contribution in [3.05, 3.63) is 88.8 Å². The summed E-state index contributed by atoms with van der Waals surface area (Å²) in [5.41, 5.74) is 3.70. The summed E-state index contributed by atoms with van der Waals surface area (Å²) in [6.07, 6.45) is 3.81. The number of benzene rings is 2. The molecule has 134 valence electrons. The maximum absolute atomic E-state index is 13.0. The minimum Gasteiger partial charge on any atom is -0.317 e. The number of thioether (sulfide) groups is 1. The van der Waals surface area contributed by atoms with Gasteiger partial charge in [0.1, 0.15) is 5.82 Å². The molecule has 1 N–H and O–H groups in total. The topological polar surface area (TPSA) is 46.4 Å². The third-order valence-electron chi connectivity index (χ3n) is 4.05. The Morgan fingerprint density at radius 2 is 1.93 bits per heavy atom. The van der Waals surface area contributed by atoms with E-state index < -0.39 is 0 Å². The van der Waals surface area contributed by atoms with Gasteiger partial charge in [-0.3, -0.25) is 4.79 Å². The van der Waals surface area contributed by atoms with E-state index in [0.717, 1.165) is 11.4 Å². The molecule has 0 saturated carbocycles. The second-order valence-corrected chi connectivity index (χ2v) is 7.13. The molecule has 27 heavy (non-hydrogen) atoms. The van der Waals surface area contributed by atoms with Crippen LogP contribution in [0.3, 0.4) is 0 Å². The number of aryl methyl sites for hydroxylation is 1. The van der Waals surface area contributed by atoms with E-state index in [9.17, 15) is 9.18 Å². The van der Waals surface area contributed by atoms with Crippen molar-refractivity contribution < 1.29 is 9.18 Å². The van der Waals surface area contributed by atoms with Crippen molar-refractivity contribution in [1.82, 2.24) is 9.88 Å². The Kier molecular flexibility index (Phi) is 4.64. The summed E-state index contributed by atoms with van der Waals surface area (Å²) in [6, 6.07) is 17.9. The molecule has 2 heterocycles. The lowest BCUT2D eigenvalue weighted by atomic mass is 10.2. The number of hydrogen-bond acceptors (Lipinski definition) is 3. The lowest BCUT2D eigenvalue weighted by molar-refractivity contribution is -0.115. The average Bonchev–Trinajstić information content (AvgIpc) is 3.24. The van der Waals surface area contributed by atoms with E-state index >= 15 is 0 Å². The molecule has 0 spiro atoms. The summed E-state index contributed by atoms with van der Waals surface area (Å²) in [5.74, 6) is -0.516. The van der Waals surface area contributed by atoms with Crippen LogP contribution in [0.1, 0.15) is 11.3 Å². The number of halogens is 1. The predicted octanol–water partition coefficient (Wildman–Crippen LogP) is 4.82. The van der Waals surface area contributed by atoms with Crippen LogP contribution in [-0.2, 0) is 4.79 Å². The lowest BCUT2D eigenvalue weighted by Crippen LogP contribution is -2.19. The zero-order valence-corrected chi connectivity index (χ0v) is 15.3. The molecule has 1 saturated heterocycles. The van der Waals surface area contributed by atoms with E-state index in [0.29, 0.717) is 15.8 Å². The summed E-state index contributed by atoms with van der Waals surface area (Å²) in [5, 5.41) is 3.23. The van der Waals surface area contributed by atoms with E-state index in [4.69, 9.17) is 0 Å². The normalized spacial score (nSPS) is 16.9.